The molecular formula is C15H7F6N. The summed E-state index contributed by atoms with van der Waals surface area (Å²) in [5.74, 6) is 0. The van der Waals surface area contributed by atoms with Crippen molar-refractivity contribution in [2.24, 2.45) is 0 Å². The Bertz CT molecular complexity index is 737. The molecular weight excluding hydrogens is 308 g/mol. The van der Waals surface area contributed by atoms with Gasteiger partial charge in [-0.15, -0.1) is 0 Å². The normalized spacial score (nSPS) is 12.0. The second-order valence-electron chi connectivity index (χ2n) is 4.38. The van der Waals surface area contributed by atoms with E-state index in [2.05, 4.69) is 0 Å². The first-order chi connectivity index (χ1) is 10.2. The smallest absolute Gasteiger partial charge is 0.192 e. The maximum absolute atomic E-state index is 13.1. The highest BCUT2D eigenvalue weighted by Gasteiger charge is 2.39. The fourth-order valence-electron chi connectivity index (χ4n) is 2.12. The lowest BCUT2D eigenvalue weighted by Gasteiger charge is -2.18. The van der Waals surface area contributed by atoms with E-state index in [1.54, 1.807) is 0 Å². The van der Waals surface area contributed by atoms with Gasteiger partial charge in [-0.1, -0.05) is 24.3 Å². The number of benzene rings is 2. The molecule has 1 nitrogen and oxygen atoms in total. The Morgan fingerprint density at radius 1 is 0.727 bits per heavy atom. The summed E-state index contributed by atoms with van der Waals surface area (Å²) in [7, 11) is 0. The average molecular weight is 315 g/mol. The van der Waals surface area contributed by atoms with Gasteiger partial charge in [0.25, 0.3) is 0 Å². The summed E-state index contributed by atoms with van der Waals surface area (Å²) in [5, 5.41) is 8.97. The molecule has 2 aromatic carbocycles. The highest BCUT2D eigenvalue weighted by molar-refractivity contribution is 5.77. The molecule has 0 N–H and O–H groups in total. The van der Waals surface area contributed by atoms with Crippen molar-refractivity contribution in [1.29, 1.82) is 5.26 Å². The molecule has 22 heavy (non-hydrogen) atoms. The van der Waals surface area contributed by atoms with Gasteiger partial charge in [-0.2, -0.15) is 31.6 Å². The molecule has 0 saturated heterocycles. The van der Waals surface area contributed by atoms with Crippen molar-refractivity contribution in [2.75, 3.05) is 0 Å². The van der Waals surface area contributed by atoms with Gasteiger partial charge in [0, 0.05) is 5.56 Å². The highest BCUT2D eigenvalue weighted by atomic mass is 19.4. The molecule has 0 radical (unpaired) electrons. The van der Waals surface area contributed by atoms with Crippen LogP contribution in [-0.2, 0) is 12.4 Å². The van der Waals surface area contributed by atoms with E-state index in [1.165, 1.54) is 12.1 Å². The first kappa shape index (κ1) is 15.9. The summed E-state index contributed by atoms with van der Waals surface area (Å²) in [5.41, 5.74) is -4.39. The molecule has 0 aliphatic heterocycles. The number of rotatable bonds is 1. The van der Waals surface area contributed by atoms with Crippen molar-refractivity contribution in [1.82, 2.24) is 0 Å². The Hall–Kier alpha value is -2.49. The molecule has 114 valence electrons. The molecule has 7 heteroatoms. The van der Waals surface area contributed by atoms with Crippen molar-refractivity contribution >= 4 is 0 Å². The lowest BCUT2D eigenvalue weighted by molar-refractivity contribution is -0.139. The third-order valence-corrected chi connectivity index (χ3v) is 2.99. The number of halogens is 6. The molecule has 0 aromatic heterocycles. The van der Waals surface area contributed by atoms with Crippen molar-refractivity contribution in [3.63, 3.8) is 0 Å². The van der Waals surface area contributed by atoms with Crippen LogP contribution >= 0.6 is 0 Å². The molecule has 0 fully saturated rings. The van der Waals surface area contributed by atoms with Crippen LogP contribution in [0.5, 0.6) is 0 Å². The van der Waals surface area contributed by atoms with Gasteiger partial charge in [-0.25, -0.2) is 0 Å². The summed E-state index contributed by atoms with van der Waals surface area (Å²) in [6, 6.07) is 8.09. The van der Waals surface area contributed by atoms with E-state index in [1.807, 2.05) is 0 Å². The predicted molar refractivity (Wildman–Crippen MR) is 66.6 cm³/mol. The van der Waals surface area contributed by atoms with Crippen molar-refractivity contribution in [3.05, 3.63) is 59.2 Å². The molecule has 0 saturated carbocycles. The lowest BCUT2D eigenvalue weighted by atomic mass is 9.91. The standard InChI is InChI=1S/C15H7F6N/c16-14(17,18)11-6-2-1-5-10(11)13-9(8-22)4-3-7-12(13)15(19,20)21/h1-7H. The largest absolute Gasteiger partial charge is 0.417 e. The fraction of sp³-hybridized carbons (Fsp3) is 0.133. The molecule has 0 aliphatic rings. The summed E-state index contributed by atoms with van der Waals surface area (Å²) in [6.45, 7) is 0. The first-order valence-corrected chi connectivity index (χ1v) is 5.93. The zero-order valence-corrected chi connectivity index (χ0v) is 10.8. The van der Waals surface area contributed by atoms with Crippen molar-refractivity contribution in [2.45, 2.75) is 12.4 Å². The van der Waals surface area contributed by atoms with Gasteiger partial charge in [0.1, 0.15) is 0 Å². The van der Waals surface area contributed by atoms with Crippen molar-refractivity contribution in [3.8, 4) is 17.2 Å². The SMILES string of the molecule is N#Cc1cccc(C(F)(F)F)c1-c1ccccc1C(F)(F)F. The number of hydrogen-bond donors (Lipinski definition) is 0. The minimum absolute atomic E-state index is 0.466. The molecule has 2 rings (SSSR count). The van der Waals surface area contributed by atoms with Gasteiger partial charge in [0.15, 0.2) is 0 Å². The Balaban J connectivity index is 2.88. The number of nitriles is 1. The summed E-state index contributed by atoms with van der Waals surface area (Å²) < 4.78 is 78.4. The van der Waals surface area contributed by atoms with Gasteiger partial charge in [-0.05, 0) is 23.8 Å². The third-order valence-electron chi connectivity index (χ3n) is 2.99. The lowest BCUT2D eigenvalue weighted by Crippen LogP contribution is -2.12. The number of nitrogens with zero attached hydrogens (tertiary/aromatic N) is 1. The topological polar surface area (TPSA) is 23.8 Å². The molecule has 0 bridgehead atoms. The fourth-order valence-corrected chi connectivity index (χ4v) is 2.12. The van der Waals surface area contributed by atoms with Crippen LogP contribution in [0.1, 0.15) is 16.7 Å². The maximum atomic E-state index is 13.1. The Morgan fingerprint density at radius 2 is 1.27 bits per heavy atom. The highest BCUT2D eigenvalue weighted by Crippen LogP contribution is 2.43. The van der Waals surface area contributed by atoms with E-state index in [9.17, 15) is 26.3 Å². The molecule has 0 amide bonds. The Labute approximate surface area is 121 Å². The van der Waals surface area contributed by atoms with E-state index in [0.29, 0.717) is 12.1 Å². The van der Waals surface area contributed by atoms with E-state index < -0.39 is 40.2 Å². The Kier molecular flexibility index (Phi) is 3.88. The molecule has 2 aromatic rings. The van der Waals surface area contributed by atoms with E-state index >= 15 is 0 Å². The van der Waals surface area contributed by atoms with E-state index in [4.69, 9.17) is 5.26 Å². The quantitative estimate of drug-likeness (QED) is 0.658. The summed E-state index contributed by atoms with van der Waals surface area (Å²) in [4.78, 5) is 0. The van der Waals surface area contributed by atoms with Gasteiger partial charge in [0.2, 0.25) is 0 Å². The van der Waals surface area contributed by atoms with Crippen LogP contribution < -0.4 is 0 Å². The zero-order chi connectivity index (χ0) is 16.5. The van der Waals surface area contributed by atoms with Crippen LogP contribution in [0.2, 0.25) is 0 Å². The molecule has 0 spiro atoms. The molecule has 0 unspecified atom stereocenters. The van der Waals surface area contributed by atoms with Gasteiger partial charge >= 0.3 is 12.4 Å². The summed E-state index contributed by atoms with van der Waals surface area (Å²) in [6.07, 6.45) is -9.71. The molecule has 0 heterocycles. The third kappa shape index (κ3) is 2.91. The predicted octanol–water partition coefficient (Wildman–Crippen LogP) is 5.26. The van der Waals surface area contributed by atoms with Crippen LogP contribution in [0.3, 0.4) is 0 Å². The van der Waals surface area contributed by atoms with Crippen LogP contribution in [0, 0.1) is 11.3 Å². The molecule has 0 aliphatic carbocycles. The van der Waals surface area contributed by atoms with E-state index in [0.717, 1.165) is 24.3 Å². The summed E-state index contributed by atoms with van der Waals surface area (Å²) >= 11 is 0. The second-order valence-corrected chi connectivity index (χ2v) is 4.38. The van der Waals surface area contributed by atoms with Gasteiger partial charge in [-0.3, -0.25) is 0 Å². The van der Waals surface area contributed by atoms with Crippen LogP contribution in [0.15, 0.2) is 42.5 Å². The first-order valence-electron chi connectivity index (χ1n) is 5.93. The maximum Gasteiger partial charge on any atom is 0.417 e. The van der Waals surface area contributed by atoms with Crippen LogP contribution in [-0.4, -0.2) is 0 Å². The second kappa shape index (κ2) is 5.37. The average Bonchev–Trinajstić information content (AvgIpc) is 2.44. The zero-order valence-electron chi connectivity index (χ0n) is 10.8. The Morgan fingerprint density at radius 3 is 1.82 bits per heavy atom. The van der Waals surface area contributed by atoms with Gasteiger partial charge in [0.05, 0.1) is 22.8 Å². The van der Waals surface area contributed by atoms with Crippen molar-refractivity contribution < 1.29 is 26.3 Å². The number of alkyl halides is 6. The van der Waals surface area contributed by atoms with E-state index in [-0.39, 0.29) is 0 Å². The van der Waals surface area contributed by atoms with Crippen LogP contribution in [0.25, 0.3) is 11.1 Å². The monoisotopic (exact) mass is 315 g/mol. The minimum Gasteiger partial charge on any atom is -0.192 e. The minimum atomic E-state index is -4.87. The van der Waals surface area contributed by atoms with Crippen LogP contribution in [0.4, 0.5) is 26.3 Å². The number of hydrogen-bond acceptors (Lipinski definition) is 1. The molecule has 0 atom stereocenters. The van der Waals surface area contributed by atoms with Gasteiger partial charge < -0.3 is 0 Å².